The summed E-state index contributed by atoms with van der Waals surface area (Å²) in [5, 5.41) is 0. The normalized spacial score (nSPS) is 11.6. The van der Waals surface area contributed by atoms with Crippen molar-refractivity contribution in [3.05, 3.63) is 29.6 Å². The molecule has 2 N–H and O–H groups in total. The summed E-state index contributed by atoms with van der Waals surface area (Å²) in [4.78, 5) is 0. The van der Waals surface area contributed by atoms with E-state index in [0.717, 1.165) is 0 Å². The van der Waals surface area contributed by atoms with E-state index < -0.39 is 15.7 Å². The third kappa shape index (κ3) is 2.45. The lowest BCUT2D eigenvalue weighted by Gasteiger charge is -2.04. The molecule has 0 bridgehead atoms. The van der Waals surface area contributed by atoms with Gasteiger partial charge in [-0.25, -0.2) is 12.8 Å². The lowest BCUT2D eigenvalue weighted by Crippen LogP contribution is -2.08. The van der Waals surface area contributed by atoms with E-state index in [0.29, 0.717) is 0 Å². The molecule has 0 aliphatic rings. The Hall–Kier alpha value is -1.10. The first-order chi connectivity index (χ1) is 6.46. The number of nitrogen functional groups attached to an aromatic ring is 1. The Morgan fingerprint density at radius 3 is 2.64 bits per heavy atom. The van der Waals surface area contributed by atoms with Crippen LogP contribution in [0.1, 0.15) is 12.5 Å². The van der Waals surface area contributed by atoms with Crippen molar-refractivity contribution in [2.75, 3.05) is 11.5 Å². The van der Waals surface area contributed by atoms with Crippen LogP contribution in [0.3, 0.4) is 0 Å². The molecular weight excluding hydrogens is 205 g/mol. The summed E-state index contributed by atoms with van der Waals surface area (Å²) >= 11 is 0. The van der Waals surface area contributed by atoms with E-state index in [1.807, 2.05) is 0 Å². The monoisotopic (exact) mass is 217 g/mol. The van der Waals surface area contributed by atoms with Crippen molar-refractivity contribution in [1.82, 2.24) is 0 Å². The predicted octanol–water partition coefficient (Wildman–Crippen LogP) is 1.34. The average molecular weight is 217 g/mol. The molecule has 0 heterocycles. The lowest BCUT2D eigenvalue weighted by atomic mass is 10.2. The minimum atomic E-state index is -3.21. The first-order valence-corrected chi connectivity index (χ1v) is 6.01. The van der Waals surface area contributed by atoms with Gasteiger partial charge < -0.3 is 5.73 Å². The van der Waals surface area contributed by atoms with E-state index in [4.69, 9.17) is 5.73 Å². The van der Waals surface area contributed by atoms with Crippen molar-refractivity contribution in [1.29, 1.82) is 0 Å². The molecule has 1 aromatic rings. The van der Waals surface area contributed by atoms with Crippen molar-refractivity contribution in [2.45, 2.75) is 12.7 Å². The quantitative estimate of drug-likeness (QED) is 0.777. The SMILES string of the molecule is CCS(=O)(=O)Cc1cccc(N)c1F. The number of nitrogens with two attached hydrogens (primary N) is 1. The van der Waals surface area contributed by atoms with Gasteiger partial charge in [-0.1, -0.05) is 19.1 Å². The van der Waals surface area contributed by atoms with Crippen LogP contribution in [0.5, 0.6) is 0 Å². The molecule has 1 aromatic carbocycles. The van der Waals surface area contributed by atoms with Gasteiger partial charge in [-0.2, -0.15) is 0 Å². The molecule has 0 saturated heterocycles. The molecule has 0 aromatic heterocycles. The number of hydrogen-bond acceptors (Lipinski definition) is 3. The first kappa shape index (κ1) is 11.0. The van der Waals surface area contributed by atoms with Gasteiger partial charge in [0.25, 0.3) is 0 Å². The van der Waals surface area contributed by atoms with Gasteiger partial charge in [0, 0.05) is 11.3 Å². The smallest absolute Gasteiger partial charge is 0.154 e. The summed E-state index contributed by atoms with van der Waals surface area (Å²) in [6, 6.07) is 4.37. The van der Waals surface area contributed by atoms with Gasteiger partial charge in [0.15, 0.2) is 9.84 Å². The Morgan fingerprint density at radius 1 is 1.43 bits per heavy atom. The maximum atomic E-state index is 13.3. The molecule has 0 spiro atoms. The topological polar surface area (TPSA) is 60.2 Å². The molecule has 0 saturated carbocycles. The van der Waals surface area contributed by atoms with Gasteiger partial charge in [-0.3, -0.25) is 0 Å². The van der Waals surface area contributed by atoms with E-state index >= 15 is 0 Å². The second-order valence-corrected chi connectivity index (χ2v) is 5.35. The third-order valence-corrected chi connectivity index (χ3v) is 3.55. The van der Waals surface area contributed by atoms with Crippen LogP contribution in [0.2, 0.25) is 0 Å². The Kier molecular flexibility index (Phi) is 3.10. The van der Waals surface area contributed by atoms with Crippen LogP contribution in [0.25, 0.3) is 0 Å². The number of anilines is 1. The molecule has 14 heavy (non-hydrogen) atoms. The highest BCUT2D eigenvalue weighted by Crippen LogP contribution is 2.17. The second-order valence-electron chi connectivity index (χ2n) is 3.00. The molecule has 1 rings (SSSR count). The molecule has 0 amide bonds. The number of benzene rings is 1. The molecule has 0 radical (unpaired) electrons. The van der Waals surface area contributed by atoms with Crippen LogP contribution in [0.15, 0.2) is 18.2 Å². The van der Waals surface area contributed by atoms with Gasteiger partial charge in [0.1, 0.15) is 5.82 Å². The van der Waals surface area contributed by atoms with Crippen LogP contribution in [0.4, 0.5) is 10.1 Å². The summed E-state index contributed by atoms with van der Waals surface area (Å²) in [5.41, 5.74) is 5.42. The van der Waals surface area contributed by atoms with Crippen LogP contribution in [0, 0.1) is 5.82 Å². The summed E-state index contributed by atoms with van der Waals surface area (Å²) in [6.45, 7) is 1.53. The van der Waals surface area contributed by atoms with Gasteiger partial charge in [0.2, 0.25) is 0 Å². The van der Waals surface area contributed by atoms with E-state index in [-0.39, 0.29) is 22.8 Å². The number of sulfone groups is 1. The molecular formula is C9H12FNO2S. The summed E-state index contributed by atoms with van der Waals surface area (Å²) in [5.74, 6) is -0.925. The zero-order valence-electron chi connectivity index (χ0n) is 7.83. The van der Waals surface area contributed by atoms with Crippen molar-refractivity contribution >= 4 is 15.5 Å². The van der Waals surface area contributed by atoms with E-state index in [9.17, 15) is 12.8 Å². The van der Waals surface area contributed by atoms with Crippen LogP contribution in [-0.4, -0.2) is 14.2 Å². The Morgan fingerprint density at radius 2 is 2.07 bits per heavy atom. The molecule has 0 atom stereocenters. The van der Waals surface area contributed by atoms with Crippen LogP contribution >= 0.6 is 0 Å². The maximum Gasteiger partial charge on any atom is 0.154 e. The van der Waals surface area contributed by atoms with Crippen molar-refractivity contribution in [2.24, 2.45) is 0 Å². The van der Waals surface area contributed by atoms with Crippen LogP contribution in [-0.2, 0) is 15.6 Å². The highest BCUT2D eigenvalue weighted by atomic mass is 32.2. The fourth-order valence-corrected chi connectivity index (χ4v) is 1.95. The van der Waals surface area contributed by atoms with Crippen molar-refractivity contribution < 1.29 is 12.8 Å². The molecule has 0 aliphatic carbocycles. The van der Waals surface area contributed by atoms with Crippen molar-refractivity contribution in [3.63, 3.8) is 0 Å². The fraction of sp³-hybridized carbons (Fsp3) is 0.333. The predicted molar refractivity (Wildman–Crippen MR) is 54.0 cm³/mol. The number of rotatable bonds is 3. The minimum absolute atomic E-state index is 0.00123. The summed E-state index contributed by atoms with van der Waals surface area (Å²) in [6.07, 6.45) is 0. The standard InChI is InChI=1S/C9H12FNO2S/c1-2-14(12,13)6-7-4-3-5-8(11)9(7)10/h3-5H,2,6,11H2,1H3. The summed E-state index contributed by atoms with van der Waals surface area (Å²) in [7, 11) is -3.21. The maximum absolute atomic E-state index is 13.3. The van der Waals surface area contributed by atoms with Crippen LogP contribution < -0.4 is 5.73 Å². The molecule has 3 nitrogen and oxygen atoms in total. The third-order valence-electron chi connectivity index (χ3n) is 1.92. The van der Waals surface area contributed by atoms with E-state index in [1.165, 1.54) is 19.1 Å². The van der Waals surface area contributed by atoms with Gasteiger partial charge >= 0.3 is 0 Å². The fourth-order valence-electron chi connectivity index (χ4n) is 1.05. The Balaban J connectivity index is 3.05. The Labute approximate surface area is 82.7 Å². The molecule has 78 valence electrons. The molecule has 5 heteroatoms. The number of halogens is 1. The second kappa shape index (κ2) is 3.96. The first-order valence-electron chi connectivity index (χ1n) is 4.19. The highest BCUT2D eigenvalue weighted by molar-refractivity contribution is 7.90. The average Bonchev–Trinajstić information content (AvgIpc) is 2.13. The van der Waals surface area contributed by atoms with Crippen molar-refractivity contribution in [3.8, 4) is 0 Å². The minimum Gasteiger partial charge on any atom is -0.396 e. The number of hydrogen-bond donors (Lipinski definition) is 1. The van der Waals surface area contributed by atoms with E-state index in [2.05, 4.69) is 0 Å². The zero-order chi connectivity index (χ0) is 10.8. The lowest BCUT2D eigenvalue weighted by molar-refractivity contribution is 0.589. The summed E-state index contributed by atoms with van der Waals surface area (Å²) < 4.78 is 35.7. The molecule has 0 aliphatic heterocycles. The molecule has 0 fully saturated rings. The van der Waals surface area contributed by atoms with Gasteiger partial charge in [-0.15, -0.1) is 0 Å². The highest BCUT2D eigenvalue weighted by Gasteiger charge is 2.13. The largest absolute Gasteiger partial charge is 0.396 e. The van der Waals surface area contributed by atoms with Gasteiger partial charge in [-0.05, 0) is 6.07 Å². The van der Waals surface area contributed by atoms with Gasteiger partial charge in [0.05, 0.1) is 11.4 Å². The van der Waals surface area contributed by atoms with E-state index in [1.54, 1.807) is 6.07 Å². The zero-order valence-corrected chi connectivity index (χ0v) is 8.64. The molecule has 0 unspecified atom stereocenters. The Bertz CT molecular complexity index is 428.